The Kier molecular flexibility index (Phi) is 4.16. The van der Waals surface area contributed by atoms with Crippen LogP contribution in [0.2, 0.25) is 0 Å². The summed E-state index contributed by atoms with van der Waals surface area (Å²) in [5.41, 5.74) is 1.31. The van der Waals surface area contributed by atoms with Gasteiger partial charge in [0.1, 0.15) is 4.75 Å². The first-order valence-electron chi connectivity index (χ1n) is 7.54. The van der Waals surface area contributed by atoms with E-state index < -0.39 is 14.6 Å². The molecule has 2 saturated heterocycles. The van der Waals surface area contributed by atoms with Gasteiger partial charge in [0.05, 0.1) is 12.4 Å². The number of nitrogens with zero attached hydrogens (tertiary/aromatic N) is 1. The zero-order valence-electron chi connectivity index (χ0n) is 12.7. The highest BCUT2D eigenvalue weighted by Gasteiger charge is 2.61. The van der Waals surface area contributed by atoms with Gasteiger partial charge in [-0.15, -0.1) is 11.3 Å². The van der Waals surface area contributed by atoms with Crippen molar-refractivity contribution in [2.45, 2.75) is 31.6 Å². The largest absolute Gasteiger partial charge is 0.381 e. The molecule has 3 rings (SSSR count). The SMILES string of the molecule is CCOC[C@H]1CCS(=O)(=O)C12CN(Cc1sccc1C)C2. The summed E-state index contributed by atoms with van der Waals surface area (Å²) in [4.78, 5) is 3.61. The van der Waals surface area contributed by atoms with Crippen LogP contribution in [-0.2, 0) is 21.1 Å². The highest BCUT2D eigenvalue weighted by Crippen LogP contribution is 2.45. The molecule has 1 aromatic rings. The lowest BCUT2D eigenvalue weighted by Crippen LogP contribution is -2.67. The first kappa shape index (κ1) is 15.5. The van der Waals surface area contributed by atoms with E-state index in [0.717, 1.165) is 13.0 Å². The molecule has 0 aromatic carbocycles. The number of likely N-dealkylation sites (tertiary alicyclic amines) is 1. The van der Waals surface area contributed by atoms with Gasteiger partial charge in [-0.25, -0.2) is 8.42 Å². The van der Waals surface area contributed by atoms with Gasteiger partial charge in [0.25, 0.3) is 0 Å². The minimum Gasteiger partial charge on any atom is -0.381 e. The van der Waals surface area contributed by atoms with Crippen molar-refractivity contribution in [1.82, 2.24) is 4.90 Å². The molecular weight excluding hydrogens is 306 g/mol. The van der Waals surface area contributed by atoms with Gasteiger partial charge < -0.3 is 4.74 Å². The Bertz CT molecular complexity index is 602. The maximum absolute atomic E-state index is 12.5. The van der Waals surface area contributed by atoms with Crippen LogP contribution in [0.25, 0.3) is 0 Å². The number of ether oxygens (including phenoxy) is 1. The van der Waals surface area contributed by atoms with Crippen molar-refractivity contribution in [3.8, 4) is 0 Å². The van der Waals surface area contributed by atoms with Crippen LogP contribution in [0.5, 0.6) is 0 Å². The van der Waals surface area contributed by atoms with Gasteiger partial charge in [0.15, 0.2) is 9.84 Å². The van der Waals surface area contributed by atoms with Gasteiger partial charge in [0.2, 0.25) is 0 Å². The molecular formula is C15H23NO3S2. The van der Waals surface area contributed by atoms with Crippen molar-refractivity contribution in [1.29, 1.82) is 0 Å². The number of thiophene rings is 1. The molecule has 0 N–H and O–H groups in total. The highest BCUT2D eigenvalue weighted by molar-refractivity contribution is 7.93. The van der Waals surface area contributed by atoms with Gasteiger partial charge in [-0.1, -0.05) is 0 Å². The average molecular weight is 329 g/mol. The predicted octanol–water partition coefficient (Wildman–Crippen LogP) is 2.08. The molecule has 6 heteroatoms. The maximum atomic E-state index is 12.5. The standard InChI is InChI=1S/C15H23NO3S2/c1-3-19-9-13-5-7-21(17,18)15(13)10-16(11-15)8-14-12(2)4-6-20-14/h4,6,13H,3,5,7-11H2,1-2H3/t13-/m1/s1. The molecule has 21 heavy (non-hydrogen) atoms. The lowest BCUT2D eigenvalue weighted by atomic mass is 9.83. The third-order valence-electron chi connectivity index (χ3n) is 4.94. The molecule has 0 radical (unpaired) electrons. The number of rotatable bonds is 5. The summed E-state index contributed by atoms with van der Waals surface area (Å²) < 4.78 is 29.9. The predicted molar refractivity (Wildman–Crippen MR) is 85.5 cm³/mol. The Balaban J connectivity index is 1.69. The first-order valence-corrected chi connectivity index (χ1v) is 10.1. The molecule has 3 heterocycles. The van der Waals surface area contributed by atoms with Gasteiger partial charge in [-0.2, -0.15) is 0 Å². The van der Waals surface area contributed by atoms with Crippen molar-refractivity contribution in [2.24, 2.45) is 5.92 Å². The average Bonchev–Trinajstić information content (AvgIpc) is 2.90. The summed E-state index contributed by atoms with van der Waals surface area (Å²) in [6, 6.07) is 2.12. The summed E-state index contributed by atoms with van der Waals surface area (Å²) in [7, 11) is -2.97. The van der Waals surface area contributed by atoms with Gasteiger partial charge in [-0.3, -0.25) is 4.90 Å². The molecule has 0 amide bonds. The molecule has 2 aliphatic heterocycles. The fraction of sp³-hybridized carbons (Fsp3) is 0.733. The normalized spacial score (nSPS) is 27.0. The second-order valence-corrected chi connectivity index (χ2v) is 9.65. The minimum atomic E-state index is -2.97. The van der Waals surface area contributed by atoms with Gasteiger partial charge >= 0.3 is 0 Å². The zero-order chi connectivity index (χ0) is 15.1. The van der Waals surface area contributed by atoms with E-state index in [0.29, 0.717) is 32.1 Å². The molecule has 1 atom stereocenters. The van der Waals surface area contributed by atoms with Crippen molar-refractivity contribution in [3.05, 3.63) is 21.9 Å². The molecule has 1 aromatic heterocycles. The van der Waals surface area contributed by atoms with Crippen molar-refractivity contribution >= 4 is 21.2 Å². The smallest absolute Gasteiger partial charge is 0.158 e. The van der Waals surface area contributed by atoms with Crippen LogP contribution in [0, 0.1) is 12.8 Å². The highest BCUT2D eigenvalue weighted by atomic mass is 32.2. The third-order valence-corrected chi connectivity index (χ3v) is 8.55. The van der Waals surface area contributed by atoms with E-state index in [1.165, 1.54) is 10.4 Å². The Morgan fingerprint density at radius 2 is 2.24 bits per heavy atom. The van der Waals surface area contributed by atoms with E-state index >= 15 is 0 Å². The fourth-order valence-electron chi connectivity index (χ4n) is 3.56. The monoisotopic (exact) mass is 329 g/mol. The number of sulfone groups is 1. The van der Waals surface area contributed by atoms with E-state index in [-0.39, 0.29) is 5.92 Å². The first-order chi connectivity index (χ1) is 9.98. The molecule has 4 nitrogen and oxygen atoms in total. The van der Waals surface area contributed by atoms with E-state index in [2.05, 4.69) is 23.3 Å². The van der Waals surface area contributed by atoms with Gasteiger partial charge in [-0.05, 0) is 37.3 Å². The minimum absolute atomic E-state index is 0.170. The molecule has 0 aliphatic carbocycles. The van der Waals surface area contributed by atoms with E-state index in [1.807, 2.05) is 6.92 Å². The lowest BCUT2D eigenvalue weighted by molar-refractivity contribution is 0.0296. The van der Waals surface area contributed by atoms with Crippen molar-refractivity contribution < 1.29 is 13.2 Å². The molecule has 2 aliphatic rings. The second kappa shape index (κ2) is 5.65. The Morgan fingerprint density at radius 3 is 2.86 bits per heavy atom. The third kappa shape index (κ3) is 2.56. The zero-order valence-corrected chi connectivity index (χ0v) is 14.3. The molecule has 2 fully saturated rings. The van der Waals surface area contributed by atoms with Crippen LogP contribution in [-0.4, -0.2) is 50.1 Å². The lowest BCUT2D eigenvalue weighted by Gasteiger charge is -2.50. The molecule has 0 unspecified atom stereocenters. The maximum Gasteiger partial charge on any atom is 0.158 e. The summed E-state index contributed by atoms with van der Waals surface area (Å²) in [6.45, 7) is 7.54. The fourth-order valence-corrected chi connectivity index (χ4v) is 6.96. The Hall–Kier alpha value is -0.430. The van der Waals surface area contributed by atoms with Crippen LogP contribution in [0.3, 0.4) is 0 Å². The molecule has 0 bridgehead atoms. The van der Waals surface area contributed by atoms with E-state index in [4.69, 9.17) is 4.74 Å². The Morgan fingerprint density at radius 1 is 1.48 bits per heavy atom. The van der Waals surface area contributed by atoms with Crippen LogP contribution < -0.4 is 0 Å². The Labute approximate surface area is 131 Å². The van der Waals surface area contributed by atoms with Crippen LogP contribution in [0.4, 0.5) is 0 Å². The number of aryl methyl sites for hydroxylation is 1. The van der Waals surface area contributed by atoms with Crippen molar-refractivity contribution in [2.75, 3.05) is 32.1 Å². The second-order valence-electron chi connectivity index (χ2n) is 6.20. The number of hydrogen-bond donors (Lipinski definition) is 0. The molecule has 0 saturated carbocycles. The number of hydrogen-bond acceptors (Lipinski definition) is 5. The topological polar surface area (TPSA) is 46.6 Å². The summed E-state index contributed by atoms with van der Waals surface area (Å²) in [5.74, 6) is 0.500. The van der Waals surface area contributed by atoms with Crippen LogP contribution in [0.15, 0.2) is 11.4 Å². The molecule has 1 spiro atoms. The summed E-state index contributed by atoms with van der Waals surface area (Å²) in [6.07, 6.45) is 0.758. The van der Waals surface area contributed by atoms with Crippen molar-refractivity contribution in [3.63, 3.8) is 0 Å². The van der Waals surface area contributed by atoms with Gasteiger partial charge in [0, 0.05) is 37.0 Å². The van der Waals surface area contributed by atoms with E-state index in [1.54, 1.807) is 11.3 Å². The summed E-state index contributed by atoms with van der Waals surface area (Å²) in [5, 5.41) is 2.10. The summed E-state index contributed by atoms with van der Waals surface area (Å²) >= 11 is 1.76. The van der Waals surface area contributed by atoms with Crippen LogP contribution in [0.1, 0.15) is 23.8 Å². The van der Waals surface area contributed by atoms with Crippen LogP contribution >= 0.6 is 11.3 Å². The molecule has 118 valence electrons. The van der Waals surface area contributed by atoms with E-state index in [9.17, 15) is 8.42 Å². The quantitative estimate of drug-likeness (QED) is 0.830.